The molecule has 5 aromatic carbocycles. The Morgan fingerprint density at radius 1 is 0.580 bits per heavy atom. The first kappa shape index (κ1) is 61.5. The topological polar surface area (TPSA) is 387 Å². The Hall–Kier alpha value is -7.12. The number of thioether (sulfide) groups is 2. The number of imidazole rings is 1. The molecular weight excluding hydrogens is 1170 g/mol. The van der Waals surface area contributed by atoms with Crippen LogP contribution in [-0.2, 0) is 40.5 Å². The fraction of sp³-hybridized carbons (Fsp3) is 0.280. The second-order valence-corrected chi connectivity index (χ2v) is 26.4. The van der Waals surface area contributed by atoms with E-state index in [9.17, 15) is 62.3 Å². The zero-order valence-corrected chi connectivity index (χ0v) is 48.5. The van der Waals surface area contributed by atoms with Crippen LogP contribution in [0.1, 0.15) is 52.6 Å². The van der Waals surface area contributed by atoms with E-state index in [1.54, 1.807) is 57.2 Å². The van der Waals surface area contributed by atoms with E-state index in [0.717, 1.165) is 10.5 Å². The van der Waals surface area contributed by atoms with Crippen LogP contribution in [-0.4, -0.2) is 102 Å². The summed E-state index contributed by atoms with van der Waals surface area (Å²) in [5.74, 6) is -1.71. The lowest BCUT2D eigenvalue weighted by atomic mass is 10.1. The van der Waals surface area contributed by atoms with E-state index in [4.69, 9.17) is 4.74 Å². The van der Waals surface area contributed by atoms with Crippen LogP contribution in [0.5, 0.6) is 11.6 Å². The number of hydrogen-bond acceptors (Lipinski definition) is 22. The predicted molar refractivity (Wildman–Crippen MR) is 305 cm³/mol. The number of pyridine rings is 1. The number of hydrogen-bond donors (Lipinski definition) is 5. The van der Waals surface area contributed by atoms with Crippen LogP contribution in [0.2, 0.25) is 0 Å². The maximum absolute atomic E-state index is 12.3. The molecule has 0 bridgehead atoms. The number of aryl methyl sites for hydroxylation is 4. The standard InChI is InChI=1S/C50H51N11O14S6/c1-29-14-15-45(81(72,73)74)47-48(29)61-49(52-47)35(28-51)33(5)46(50(61)62)60-57-39-22-30(2)36(25-42(39)75-16-9-19-78(63,64)65)55-58-40-24-32(4)38(27-44(40)77-18-11-21-80(69,70)71)56-59-41-23-31(3)37(54-53-34-12-7-6-8-13-34)26-43(41)76-17-10-20-79(66,67)68/h6-8,12-15,22-27,62H,9-11,16-21H2,1-5H3,(H,63,64,65)(H,66,67,68)(H,69,70,71)(H,72,73,74). The molecule has 81 heavy (non-hydrogen) atoms. The van der Waals surface area contributed by atoms with E-state index in [1.165, 1.54) is 48.6 Å². The monoisotopic (exact) mass is 1220 g/mol. The fourth-order valence-corrected chi connectivity index (χ4v) is 12.2. The molecule has 31 heteroatoms. The van der Waals surface area contributed by atoms with Crippen LogP contribution in [0.25, 0.3) is 16.7 Å². The fourth-order valence-electron chi connectivity index (χ4n) is 7.80. The van der Waals surface area contributed by atoms with Gasteiger partial charge in [0.15, 0.2) is 11.3 Å². The van der Waals surface area contributed by atoms with E-state index in [2.05, 4.69) is 45.9 Å². The molecule has 0 aliphatic rings. The van der Waals surface area contributed by atoms with Crippen molar-refractivity contribution < 1.29 is 61.7 Å². The van der Waals surface area contributed by atoms with Gasteiger partial charge in [0.05, 0.1) is 63.5 Å². The number of ether oxygens (including phenoxy) is 1. The normalized spacial score (nSPS) is 12.8. The molecule has 0 saturated heterocycles. The number of aromatic nitrogens is 2. The van der Waals surface area contributed by atoms with Crippen LogP contribution in [0.4, 0.5) is 45.5 Å². The first-order valence-electron chi connectivity index (χ1n) is 24.1. The largest absolute Gasteiger partial charge is 0.493 e. The van der Waals surface area contributed by atoms with Crippen LogP contribution < -0.4 is 4.74 Å². The lowest BCUT2D eigenvalue weighted by molar-refractivity contribution is 0.317. The Bertz CT molecular complexity index is 4230. The quantitative estimate of drug-likeness (QED) is 0.0162. The lowest BCUT2D eigenvalue weighted by Gasteiger charge is -2.12. The summed E-state index contributed by atoms with van der Waals surface area (Å²) < 4.78 is 139. The van der Waals surface area contributed by atoms with Gasteiger partial charge in [-0.2, -0.15) is 59.4 Å². The number of aromatic hydroxyl groups is 1. The third-order valence-corrected chi connectivity index (χ3v) is 17.4. The molecular formula is C50H51N11O14S6. The Kier molecular flexibility index (Phi) is 19.6. The number of benzene rings is 5. The molecule has 0 aliphatic carbocycles. The van der Waals surface area contributed by atoms with Gasteiger partial charge in [-0.05, 0) is 136 Å². The van der Waals surface area contributed by atoms with E-state index in [0.29, 0.717) is 66.2 Å². The van der Waals surface area contributed by atoms with Gasteiger partial charge in [-0.1, -0.05) is 24.3 Å². The van der Waals surface area contributed by atoms with Gasteiger partial charge in [0.2, 0.25) is 5.88 Å². The zero-order valence-electron chi connectivity index (χ0n) is 43.6. The van der Waals surface area contributed by atoms with E-state index in [1.807, 2.05) is 31.2 Å². The maximum Gasteiger partial charge on any atom is 0.296 e. The molecule has 426 valence electrons. The van der Waals surface area contributed by atoms with Gasteiger partial charge in [0, 0.05) is 21.4 Å². The summed E-state index contributed by atoms with van der Waals surface area (Å²) in [6.45, 7) is 8.02. The molecule has 7 aromatic rings. The molecule has 7 rings (SSSR count). The van der Waals surface area contributed by atoms with Gasteiger partial charge in [0.1, 0.15) is 33.5 Å². The Morgan fingerprint density at radius 2 is 1.06 bits per heavy atom. The highest BCUT2D eigenvalue weighted by molar-refractivity contribution is 7.99. The number of azo groups is 4. The van der Waals surface area contributed by atoms with E-state index < -0.39 is 68.5 Å². The molecule has 0 aliphatic heterocycles. The molecule has 0 amide bonds. The predicted octanol–water partition coefficient (Wildman–Crippen LogP) is 12.9. The number of nitrogens with zero attached hydrogens (tertiary/aromatic N) is 11. The average Bonchev–Trinajstić information content (AvgIpc) is 2.62. The van der Waals surface area contributed by atoms with Crippen LogP contribution in [0, 0.1) is 45.9 Å². The van der Waals surface area contributed by atoms with Crippen molar-refractivity contribution in [3.05, 3.63) is 112 Å². The summed E-state index contributed by atoms with van der Waals surface area (Å²) in [4.78, 5) is 4.84. The second-order valence-electron chi connectivity index (χ2n) is 18.0. The first-order valence-corrected chi connectivity index (χ1v) is 32.3. The second kappa shape index (κ2) is 25.8. The summed E-state index contributed by atoms with van der Waals surface area (Å²) >= 11 is 2.48. The van der Waals surface area contributed by atoms with Crippen molar-refractivity contribution in [3.8, 4) is 17.7 Å². The van der Waals surface area contributed by atoms with Gasteiger partial charge in [0.25, 0.3) is 40.5 Å². The third-order valence-electron chi connectivity index (χ3n) is 11.8. The van der Waals surface area contributed by atoms with Crippen LogP contribution in [0.3, 0.4) is 0 Å². The minimum absolute atomic E-state index is 0.0145. The molecule has 0 unspecified atom stereocenters. The number of nitriles is 1. The summed E-state index contributed by atoms with van der Waals surface area (Å²) in [6.07, 6.45) is 0.0273. The van der Waals surface area contributed by atoms with Gasteiger partial charge in [-0.3, -0.25) is 22.6 Å². The highest BCUT2D eigenvalue weighted by atomic mass is 32.2. The summed E-state index contributed by atoms with van der Waals surface area (Å²) in [5, 5.41) is 57.7. The Morgan fingerprint density at radius 3 is 1.58 bits per heavy atom. The van der Waals surface area contributed by atoms with Gasteiger partial charge in [-0.25, -0.2) is 4.98 Å². The van der Waals surface area contributed by atoms with Crippen molar-refractivity contribution in [1.82, 2.24) is 9.38 Å². The minimum Gasteiger partial charge on any atom is -0.493 e. The molecule has 2 heterocycles. The Balaban J connectivity index is 1.27. The highest BCUT2D eigenvalue weighted by Gasteiger charge is 2.26. The first-order chi connectivity index (χ1) is 38.1. The van der Waals surface area contributed by atoms with Crippen molar-refractivity contribution in [2.75, 3.05) is 35.4 Å². The smallest absolute Gasteiger partial charge is 0.296 e. The summed E-state index contributed by atoms with van der Waals surface area (Å²) in [5.41, 5.74) is 4.14. The average molecular weight is 1220 g/mol. The molecule has 0 fully saturated rings. The highest BCUT2D eigenvalue weighted by Crippen LogP contribution is 2.44. The number of fused-ring (bicyclic) bond motifs is 3. The van der Waals surface area contributed by atoms with Gasteiger partial charge in [-0.15, -0.1) is 44.0 Å². The third kappa shape index (κ3) is 16.3. The molecule has 0 spiro atoms. The SMILES string of the molecule is Cc1cc(N=Nc2cc(SCCCS(=O)(=O)O)c(N=Nc3cc(OCCCS(=O)(=O)O)c(N=Nc4c(C)c(C#N)c5nc6c(S(=O)(=O)O)ccc(C)c6n5c4O)cc3C)cc2C)c(SCCCS(=O)(=O)O)cc1N=Nc1ccccc1. The lowest BCUT2D eigenvalue weighted by Crippen LogP contribution is -2.08. The molecule has 0 atom stereocenters. The minimum atomic E-state index is -4.80. The summed E-state index contributed by atoms with van der Waals surface area (Å²) in [6, 6.07) is 23.4. The van der Waals surface area contributed by atoms with E-state index >= 15 is 0 Å². The molecule has 5 N–H and O–H groups in total. The van der Waals surface area contributed by atoms with Gasteiger partial charge >= 0.3 is 0 Å². The molecule has 0 saturated carbocycles. The van der Waals surface area contributed by atoms with Crippen LogP contribution in [0.15, 0.2) is 134 Å². The van der Waals surface area contributed by atoms with Crippen molar-refractivity contribution >= 4 is 126 Å². The Labute approximate surface area is 474 Å². The van der Waals surface area contributed by atoms with Crippen molar-refractivity contribution in [1.29, 1.82) is 5.26 Å². The maximum atomic E-state index is 12.3. The van der Waals surface area contributed by atoms with Crippen LogP contribution >= 0.6 is 23.5 Å². The zero-order chi connectivity index (χ0) is 59.0. The number of rotatable bonds is 24. The summed E-state index contributed by atoms with van der Waals surface area (Å²) in [7, 11) is -17.6. The van der Waals surface area contributed by atoms with Crippen molar-refractivity contribution in [3.63, 3.8) is 0 Å². The van der Waals surface area contributed by atoms with E-state index in [-0.39, 0.29) is 82.2 Å². The molecule has 2 aromatic heterocycles. The molecule has 0 radical (unpaired) electrons. The van der Waals surface area contributed by atoms with Crippen molar-refractivity contribution in [2.24, 2.45) is 40.9 Å². The van der Waals surface area contributed by atoms with Crippen molar-refractivity contribution in [2.45, 2.75) is 68.6 Å². The van der Waals surface area contributed by atoms with Gasteiger partial charge < -0.3 is 9.84 Å². The molecule has 25 nitrogen and oxygen atoms in total.